The van der Waals surface area contributed by atoms with Gasteiger partial charge >= 0.3 is 0 Å². The van der Waals surface area contributed by atoms with Gasteiger partial charge in [0, 0.05) is 44.3 Å². The Balaban J connectivity index is 1.66. The van der Waals surface area contributed by atoms with Gasteiger partial charge in [0.1, 0.15) is 5.75 Å². The second kappa shape index (κ2) is 5.97. The number of H-pyrrole nitrogens is 1. The van der Waals surface area contributed by atoms with Gasteiger partial charge in [-0.05, 0) is 49.2 Å². The number of amides is 1. The Kier molecular flexibility index (Phi) is 3.89. The highest BCUT2D eigenvalue weighted by molar-refractivity contribution is 6.32. The van der Waals surface area contributed by atoms with Gasteiger partial charge in [0.25, 0.3) is 5.91 Å². The molecule has 1 aliphatic heterocycles. The molecule has 3 aromatic rings. The summed E-state index contributed by atoms with van der Waals surface area (Å²) in [4.78, 5) is 18.0. The molecule has 0 aliphatic carbocycles. The number of nitrogens with one attached hydrogen (secondary N) is 1. The van der Waals surface area contributed by atoms with Crippen LogP contribution in [0.1, 0.15) is 27.2 Å². The highest BCUT2D eigenvalue weighted by atomic mass is 35.5. The first-order chi connectivity index (χ1) is 11.9. The number of hydrogen-bond acceptors (Lipinski definition) is 2. The largest absolute Gasteiger partial charge is 0.508 e. The molecular weight excluding hydrogens is 359 g/mol. The van der Waals surface area contributed by atoms with Crippen LogP contribution in [-0.4, -0.2) is 27.4 Å². The number of aromatic nitrogens is 1. The molecule has 1 aromatic heterocycles. The summed E-state index contributed by atoms with van der Waals surface area (Å²) in [5.74, 6) is -0.103. The molecule has 25 heavy (non-hydrogen) atoms. The number of hydrogen-bond donors (Lipinski definition) is 2. The van der Waals surface area contributed by atoms with Crippen molar-refractivity contribution in [1.82, 2.24) is 9.88 Å². The van der Waals surface area contributed by atoms with Gasteiger partial charge in [0.2, 0.25) is 0 Å². The van der Waals surface area contributed by atoms with E-state index in [4.69, 9.17) is 23.2 Å². The van der Waals surface area contributed by atoms with Crippen LogP contribution in [0, 0.1) is 6.92 Å². The van der Waals surface area contributed by atoms with E-state index in [9.17, 15) is 9.90 Å². The Morgan fingerprint density at radius 2 is 2.04 bits per heavy atom. The minimum absolute atomic E-state index is 0.0359. The Morgan fingerprint density at radius 3 is 2.80 bits per heavy atom. The summed E-state index contributed by atoms with van der Waals surface area (Å²) < 4.78 is 0. The molecule has 0 unspecified atom stereocenters. The quantitative estimate of drug-likeness (QED) is 0.649. The van der Waals surface area contributed by atoms with Gasteiger partial charge in [-0.15, -0.1) is 0 Å². The lowest BCUT2D eigenvalue weighted by Gasteiger charge is -2.27. The highest BCUT2D eigenvalue weighted by Gasteiger charge is 2.25. The summed E-state index contributed by atoms with van der Waals surface area (Å²) in [7, 11) is 0. The van der Waals surface area contributed by atoms with Crippen molar-refractivity contribution in [2.45, 2.75) is 19.9 Å². The second-order valence-corrected chi connectivity index (χ2v) is 7.19. The van der Waals surface area contributed by atoms with Crippen molar-refractivity contribution in [3.8, 4) is 5.75 Å². The molecule has 0 bridgehead atoms. The maximum Gasteiger partial charge on any atom is 0.254 e. The Morgan fingerprint density at radius 1 is 1.24 bits per heavy atom. The predicted octanol–water partition coefficient (Wildman–Crippen LogP) is 4.69. The molecule has 1 amide bonds. The molecule has 6 heteroatoms. The molecule has 1 aliphatic rings. The summed E-state index contributed by atoms with van der Waals surface area (Å²) in [6.45, 7) is 2.82. The first-order valence-electron chi connectivity index (χ1n) is 8.01. The molecule has 0 radical (unpaired) electrons. The van der Waals surface area contributed by atoms with Gasteiger partial charge in [-0.3, -0.25) is 4.79 Å². The van der Waals surface area contributed by atoms with Gasteiger partial charge in [-0.25, -0.2) is 0 Å². The molecule has 0 saturated carbocycles. The fourth-order valence-corrected chi connectivity index (χ4v) is 3.74. The molecule has 2 N–H and O–H groups in total. The van der Waals surface area contributed by atoms with Crippen LogP contribution in [0.15, 0.2) is 30.3 Å². The zero-order valence-corrected chi connectivity index (χ0v) is 15.1. The number of phenols is 1. The van der Waals surface area contributed by atoms with Crippen molar-refractivity contribution in [2.24, 2.45) is 0 Å². The number of halogens is 2. The SMILES string of the molecule is Cc1c(O)cc(C(=O)N2CCc3c([nH]c4ccc(Cl)cc34)C2)cc1Cl. The van der Waals surface area contributed by atoms with Crippen molar-refractivity contribution in [3.05, 3.63) is 62.8 Å². The van der Waals surface area contributed by atoms with Crippen molar-refractivity contribution in [3.63, 3.8) is 0 Å². The van der Waals surface area contributed by atoms with Gasteiger partial charge in [0.15, 0.2) is 0 Å². The van der Waals surface area contributed by atoms with E-state index in [1.165, 1.54) is 11.6 Å². The number of nitrogens with zero attached hydrogens (tertiary/aromatic N) is 1. The first kappa shape index (κ1) is 16.3. The zero-order chi connectivity index (χ0) is 17.7. The van der Waals surface area contributed by atoms with Crippen molar-refractivity contribution in [1.29, 1.82) is 0 Å². The first-order valence-corrected chi connectivity index (χ1v) is 8.77. The topological polar surface area (TPSA) is 56.3 Å². The molecule has 2 heterocycles. The summed E-state index contributed by atoms with van der Waals surface area (Å²) >= 11 is 12.2. The maximum absolute atomic E-state index is 12.8. The molecular formula is C19H16Cl2N2O2. The number of benzene rings is 2. The van der Waals surface area contributed by atoms with Gasteiger partial charge in [0.05, 0.1) is 6.54 Å². The van der Waals surface area contributed by atoms with E-state index < -0.39 is 0 Å². The molecule has 128 valence electrons. The Bertz CT molecular complexity index is 987. The smallest absolute Gasteiger partial charge is 0.254 e. The third-order valence-electron chi connectivity index (χ3n) is 4.79. The van der Waals surface area contributed by atoms with Crippen molar-refractivity contribution in [2.75, 3.05) is 6.54 Å². The lowest BCUT2D eigenvalue weighted by atomic mass is 10.0. The highest BCUT2D eigenvalue weighted by Crippen LogP contribution is 2.31. The third-order valence-corrected chi connectivity index (χ3v) is 5.42. The van der Waals surface area contributed by atoms with E-state index in [1.807, 2.05) is 18.2 Å². The Labute approximate surface area is 155 Å². The van der Waals surface area contributed by atoms with E-state index in [-0.39, 0.29) is 11.7 Å². The van der Waals surface area contributed by atoms with Crippen LogP contribution in [0.25, 0.3) is 10.9 Å². The van der Waals surface area contributed by atoms with Gasteiger partial charge in [-0.2, -0.15) is 0 Å². The monoisotopic (exact) mass is 374 g/mol. The molecule has 0 spiro atoms. The average Bonchev–Trinajstić information content (AvgIpc) is 2.95. The van der Waals surface area contributed by atoms with E-state index in [1.54, 1.807) is 17.9 Å². The normalized spacial score (nSPS) is 14.0. The third kappa shape index (κ3) is 2.75. The number of carbonyl (C=O) groups is 1. The number of rotatable bonds is 1. The van der Waals surface area contributed by atoms with E-state index in [0.29, 0.717) is 34.3 Å². The van der Waals surface area contributed by atoms with Crippen LogP contribution < -0.4 is 0 Å². The summed E-state index contributed by atoms with van der Waals surface area (Å²) in [5, 5.41) is 12.1. The number of aromatic amines is 1. The standard InChI is InChI=1S/C19H16Cl2N2O2/c1-10-15(21)6-11(7-18(10)24)19(25)23-5-4-13-14-8-12(20)2-3-16(14)22-17(13)9-23/h2-3,6-8,22,24H,4-5,9H2,1H3. The second-order valence-electron chi connectivity index (χ2n) is 6.35. The lowest BCUT2D eigenvalue weighted by molar-refractivity contribution is 0.0732. The maximum atomic E-state index is 12.8. The molecule has 2 aromatic carbocycles. The number of aromatic hydroxyl groups is 1. The molecule has 0 saturated heterocycles. The number of fused-ring (bicyclic) bond motifs is 3. The van der Waals surface area contributed by atoms with Crippen LogP contribution in [0.5, 0.6) is 5.75 Å². The molecule has 4 rings (SSSR count). The molecule has 0 atom stereocenters. The molecule has 4 nitrogen and oxygen atoms in total. The number of phenolic OH excluding ortho intramolecular Hbond substituents is 1. The number of carbonyl (C=O) groups excluding carboxylic acids is 1. The lowest BCUT2D eigenvalue weighted by Crippen LogP contribution is -2.35. The predicted molar refractivity (Wildman–Crippen MR) is 99.6 cm³/mol. The minimum atomic E-state index is -0.139. The van der Waals surface area contributed by atoms with Crippen LogP contribution in [-0.2, 0) is 13.0 Å². The fourth-order valence-electron chi connectivity index (χ4n) is 3.36. The Hall–Kier alpha value is -2.17. The van der Waals surface area contributed by atoms with Gasteiger partial charge in [-0.1, -0.05) is 23.2 Å². The fraction of sp³-hybridized carbons (Fsp3) is 0.211. The van der Waals surface area contributed by atoms with Crippen LogP contribution in [0.3, 0.4) is 0 Å². The van der Waals surface area contributed by atoms with E-state index >= 15 is 0 Å². The van der Waals surface area contributed by atoms with Crippen molar-refractivity contribution < 1.29 is 9.90 Å². The van der Waals surface area contributed by atoms with Crippen LogP contribution >= 0.6 is 23.2 Å². The molecule has 0 fully saturated rings. The van der Waals surface area contributed by atoms with Crippen LogP contribution in [0.4, 0.5) is 0 Å². The zero-order valence-electron chi connectivity index (χ0n) is 13.6. The summed E-state index contributed by atoms with van der Waals surface area (Å²) in [6, 6.07) is 8.86. The van der Waals surface area contributed by atoms with Crippen molar-refractivity contribution >= 4 is 40.0 Å². The summed E-state index contributed by atoms with van der Waals surface area (Å²) in [6.07, 6.45) is 0.757. The average molecular weight is 375 g/mol. The summed E-state index contributed by atoms with van der Waals surface area (Å²) in [5.41, 5.74) is 4.24. The minimum Gasteiger partial charge on any atom is -0.508 e. The van der Waals surface area contributed by atoms with E-state index in [2.05, 4.69) is 4.98 Å². The van der Waals surface area contributed by atoms with Crippen LogP contribution in [0.2, 0.25) is 10.0 Å². The van der Waals surface area contributed by atoms with Gasteiger partial charge < -0.3 is 15.0 Å². The van der Waals surface area contributed by atoms with E-state index in [0.717, 1.165) is 23.0 Å².